The largest absolute Gasteiger partial charge is 0.241 e. The van der Waals surface area contributed by atoms with Crippen molar-refractivity contribution in [3.8, 4) is 0 Å². The second kappa shape index (κ2) is 5.72. The van der Waals surface area contributed by atoms with Crippen molar-refractivity contribution in [3.05, 3.63) is 47.6 Å². The number of hydrogen-bond acceptors (Lipinski definition) is 1. The van der Waals surface area contributed by atoms with Crippen LogP contribution < -0.4 is 0 Å². The van der Waals surface area contributed by atoms with E-state index >= 15 is 0 Å². The van der Waals surface area contributed by atoms with E-state index in [4.69, 9.17) is 11.6 Å². The minimum atomic E-state index is 0.342. The fourth-order valence-electron chi connectivity index (χ4n) is 1.39. The van der Waals surface area contributed by atoms with Gasteiger partial charge in [0.1, 0.15) is 5.16 Å². The average molecular weight is 222 g/mol. The van der Waals surface area contributed by atoms with Gasteiger partial charge >= 0.3 is 0 Å². The molecule has 1 atom stereocenters. The Hall–Kier alpha value is -1.08. The molecule has 0 saturated carbocycles. The number of rotatable bonds is 4. The molecule has 1 aromatic rings. The fourth-order valence-corrected chi connectivity index (χ4v) is 1.48. The van der Waals surface area contributed by atoms with Gasteiger partial charge in [0.15, 0.2) is 0 Å². The molecule has 1 rings (SSSR count). The highest BCUT2D eigenvalue weighted by Gasteiger charge is 2.10. The first-order valence-electron chi connectivity index (χ1n) is 5.13. The van der Waals surface area contributed by atoms with E-state index < -0.39 is 0 Å². The third-order valence-corrected chi connectivity index (χ3v) is 2.47. The minimum Gasteiger partial charge on any atom is -0.241 e. The predicted molar refractivity (Wildman–Crippen MR) is 67.4 cm³/mol. The summed E-state index contributed by atoms with van der Waals surface area (Å²) < 4.78 is 0. The van der Waals surface area contributed by atoms with E-state index in [9.17, 15) is 0 Å². The molecule has 0 aliphatic heterocycles. The molecular formula is C13H16ClN. The smallest absolute Gasteiger partial charge is 0.122 e. The van der Waals surface area contributed by atoms with E-state index in [1.807, 2.05) is 30.3 Å². The van der Waals surface area contributed by atoms with Crippen LogP contribution in [0.25, 0.3) is 0 Å². The summed E-state index contributed by atoms with van der Waals surface area (Å²) in [5.74, 6) is 0.392. The summed E-state index contributed by atoms with van der Waals surface area (Å²) in [7, 11) is 0. The number of hydrogen-bond donors (Lipinski definition) is 0. The molecule has 0 spiro atoms. The number of benzene rings is 1. The normalized spacial score (nSPS) is 13.7. The summed E-state index contributed by atoms with van der Waals surface area (Å²) in [5, 5.41) is 0.342. The van der Waals surface area contributed by atoms with Crippen LogP contribution in [0.4, 0.5) is 0 Å². The monoisotopic (exact) mass is 221 g/mol. The van der Waals surface area contributed by atoms with Gasteiger partial charge in [0.05, 0.1) is 5.71 Å². The van der Waals surface area contributed by atoms with Crippen LogP contribution in [0.3, 0.4) is 0 Å². The molecule has 0 bridgehead atoms. The molecule has 0 radical (unpaired) electrons. The van der Waals surface area contributed by atoms with E-state index in [1.165, 1.54) is 0 Å². The zero-order valence-electron chi connectivity index (χ0n) is 9.20. The number of aliphatic imine (C=N–C) groups is 1. The SMILES string of the molecule is C=C(Cl)/N=C(/c1ccccc1)C(C)CC. The first kappa shape index (κ1) is 12.0. The van der Waals surface area contributed by atoms with Crippen molar-refractivity contribution in [2.75, 3.05) is 0 Å². The van der Waals surface area contributed by atoms with E-state index in [-0.39, 0.29) is 0 Å². The molecule has 0 N–H and O–H groups in total. The Kier molecular flexibility index (Phi) is 4.57. The van der Waals surface area contributed by atoms with E-state index in [1.54, 1.807) is 0 Å². The van der Waals surface area contributed by atoms with Crippen molar-refractivity contribution >= 4 is 17.3 Å². The number of halogens is 1. The van der Waals surface area contributed by atoms with Gasteiger partial charge in [-0.25, -0.2) is 4.99 Å². The Morgan fingerprint density at radius 2 is 2.00 bits per heavy atom. The molecule has 0 amide bonds. The van der Waals surface area contributed by atoms with Gasteiger partial charge in [0.25, 0.3) is 0 Å². The van der Waals surface area contributed by atoms with E-state index in [2.05, 4.69) is 25.4 Å². The van der Waals surface area contributed by atoms with Crippen LogP contribution in [-0.4, -0.2) is 5.71 Å². The molecule has 15 heavy (non-hydrogen) atoms. The van der Waals surface area contributed by atoms with Gasteiger partial charge in [0.2, 0.25) is 0 Å². The number of nitrogens with zero attached hydrogens (tertiary/aromatic N) is 1. The molecule has 80 valence electrons. The lowest BCUT2D eigenvalue weighted by atomic mass is 9.96. The fraction of sp³-hybridized carbons (Fsp3) is 0.308. The minimum absolute atomic E-state index is 0.342. The zero-order valence-corrected chi connectivity index (χ0v) is 9.96. The molecule has 0 aliphatic rings. The van der Waals surface area contributed by atoms with Crippen molar-refractivity contribution < 1.29 is 0 Å². The molecule has 0 saturated heterocycles. The van der Waals surface area contributed by atoms with Crippen molar-refractivity contribution in [2.24, 2.45) is 10.9 Å². The Labute approximate surface area is 96.5 Å². The molecule has 1 unspecified atom stereocenters. The van der Waals surface area contributed by atoms with E-state index in [0.29, 0.717) is 11.1 Å². The van der Waals surface area contributed by atoms with Gasteiger partial charge in [0, 0.05) is 0 Å². The van der Waals surface area contributed by atoms with Crippen molar-refractivity contribution in [3.63, 3.8) is 0 Å². The maximum absolute atomic E-state index is 5.74. The van der Waals surface area contributed by atoms with E-state index in [0.717, 1.165) is 17.7 Å². The van der Waals surface area contributed by atoms with Gasteiger partial charge < -0.3 is 0 Å². The third kappa shape index (κ3) is 3.52. The summed E-state index contributed by atoms with van der Waals surface area (Å²) >= 11 is 5.74. The van der Waals surface area contributed by atoms with Crippen LogP contribution in [0.2, 0.25) is 0 Å². The first-order valence-corrected chi connectivity index (χ1v) is 5.51. The molecule has 0 aromatic heterocycles. The molecular weight excluding hydrogens is 206 g/mol. The lowest BCUT2D eigenvalue weighted by molar-refractivity contribution is 0.740. The van der Waals surface area contributed by atoms with Crippen LogP contribution in [0.1, 0.15) is 25.8 Å². The highest BCUT2D eigenvalue weighted by Crippen LogP contribution is 2.15. The van der Waals surface area contributed by atoms with Crippen LogP contribution in [-0.2, 0) is 0 Å². The highest BCUT2D eigenvalue weighted by atomic mass is 35.5. The van der Waals surface area contributed by atoms with Gasteiger partial charge in [-0.3, -0.25) is 0 Å². The molecule has 2 heteroatoms. The van der Waals surface area contributed by atoms with Crippen molar-refractivity contribution in [1.29, 1.82) is 0 Å². The topological polar surface area (TPSA) is 12.4 Å². The third-order valence-electron chi connectivity index (χ3n) is 2.39. The van der Waals surface area contributed by atoms with Gasteiger partial charge in [-0.05, 0) is 17.9 Å². The van der Waals surface area contributed by atoms with Gasteiger partial charge in [-0.15, -0.1) is 0 Å². The van der Waals surface area contributed by atoms with Crippen LogP contribution in [0.15, 0.2) is 47.1 Å². The summed E-state index contributed by atoms with van der Waals surface area (Å²) in [4.78, 5) is 4.31. The summed E-state index contributed by atoms with van der Waals surface area (Å²) in [6, 6.07) is 10.1. The van der Waals surface area contributed by atoms with Gasteiger partial charge in [-0.1, -0.05) is 62.4 Å². The maximum atomic E-state index is 5.74. The molecule has 1 aromatic carbocycles. The van der Waals surface area contributed by atoms with Gasteiger partial charge in [-0.2, -0.15) is 0 Å². The summed E-state index contributed by atoms with van der Waals surface area (Å²) in [6.45, 7) is 7.90. The predicted octanol–water partition coefficient (Wildman–Crippen LogP) is 4.23. The maximum Gasteiger partial charge on any atom is 0.122 e. The second-order valence-corrected chi connectivity index (χ2v) is 3.98. The van der Waals surface area contributed by atoms with Crippen LogP contribution in [0, 0.1) is 5.92 Å². The zero-order chi connectivity index (χ0) is 11.3. The molecule has 0 aliphatic carbocycles. The lowest BCUT2D eigenvalue weighted by Crippen LogP contribution is -2.11. The lowest BCUT2D eigenvalue weighted by Gasteiger charge is -2.12. The summed E-state index contributed by atoms with van der Waals surface area (Å²) in [6.07, 6.45) is 1.04. The molecule has 0 heterocycles. The second-order valence-electron chi connectivity index (χ2n) is 3.55. The average Bonchev–Trinajstić information content (AvgIpc) is 2.26. The highest BCUT2D eigenvalue weighted by molar-refractivity contribution is 6.30. The summed E-state index contributed by atoms with van der Waals surface area (Å²) in [5.41, 5.74) is 2.13. The first-order chi connectivity index (χ1) is 7.15. The Balaban J connectivity index is 3.07. The standard InChI is InChI=1S/C13H16ClN/c1-4-10(2)13(15-11(3)14)12-8-6-5-7-9-12/h5-10H,3-4H2,1-2H3/b15-13+. The van der Waals surface area contributed by atoms with Crippen LogP contribution in [0.5, 0.6) is 0 Å². The Morgan fingerprint density at radius 1 is 1.40 bits per heavy atom. The van der Waals surface area contributed by atoms with Crippen molar-refractivity contribution in [2.45, 2.75) is 20.3 Å². The molecule has 1 nitrogen and oxygen atoms in total. The quantitative estimate of drug-likeness (QED) is 0.533. The molecule has 0 fully saturated rings. The van der Waals surface area contributed by atoms with Crippen LogP contribution >= 0.6 is 11.6 Å². The van der Waals surface area contributed by atoms with Crippen molar-refractivity contribution in [1.82, 2.24) is 0 Å². The Morgan fingerprint density at radius 3 is 2.47 bits per heavy atom. The Bertz CT molecular complexity index is 354.